The smallest absolute Gasteiger partial charge is 0.163 e. The topological polar surface area (TPSA) is 30.5 Å². The van der Waals surface area contributed by atoms with Crippen LogP contribution in [0.3, 0.4) is 0 Å². The molecule has 0 heterocycles. The molecule has 2 aromatic carbocycles. The summed E-state index contributed by atoms with van der Waals surface area (Å²) in [4.78, 5) is 0. The van der Waals surface area contributed by atoms with Gasteiger partial charge in [0, 0.05) is 23.2 Å². The monoisotopic (exact) mass is 399 g/mol. The molecule has 0 saturated carbocycles. The Morgan fingerprint density at radius 1 is 1.00 bits per heavy atom. The summed E-state index contributed by atoms with van der Waals surface area (Å²) in [7, 11) is 0. The Bertz CT molecular complexity index is 738. The first kappa shape index (κ1) is 20.8. The van der Waals surface area contributed by atoms with Crippen LogP contribution in [0.2, 0.25) is 10.0 Å². The molecule has 0 unspecified atom stereocenters. The quantitative estimate of drug-likeness (QED) is 0.572. The van der Waals surface area contributed by atoms with Gasteiger partial charge in [0.1, 0.15) is 12.4 Å². The molecule has 0 aliphatic carbocycles. The van der Waals surface area contributed by atoms with Crippen LogP contribution in [0.25, 0.3) is 0 Å². The fourth-order valence-corrected chi connectivity index (χ4v) is 2.83. The van der Waals surface area contributed by atoms with Crippen LogP contribution in [0.4, 0.5) is 4.39 Å². The second-order valence-electron chi connectivity index (χ2n) is 6.37. The molecular weight excluding hydrogens is 376 g/mol. The van der Waals surface area contributed by atoms with Crippen LogP contribution in [0.5, 0.6) is 11.5 Å². The molecule has 0 amide bonds. The summed E-state index contributed by atoms with van der Waals surface area (Å²) in [6, 6.07) is 7.85. The number of ether oxygens (including phenoxy) is 2. The fraction of sp³-hybridized carbons (Fsp3) is 0.400. The molecular formula is C20H24Cl2FNO2. The minimum absolute atomic E-state index is 0.195. The highest BCUT2D eigenvalue weighted by molar-refractivity contribution is 6.31. The summed E-state index contributed by atoms with van der Waals surface area (Å²) in [6.45, 7) is 8.47. The molecule has 0 bridgehead atoms. The maximum Gasteiger partial charge on any atom is 0.163 e. The Hall–Kier alpha value is -1.49. The van der Waals surface area contributed by atoms with Crippen LogP contribution < -0.4 is 14.8 Å². The van der Waals surface area contributed by atoms with E-state index in [-0.39, 0.29) is 12.4 Å². The molecule has 0 aliphatic heterocycles. The minimum atomic E-state index is -0.380. The van der Waals surface area contributed by atoms with Gasteiger partial charge in [0.25, 0.3) is 0 Å². The number of nitrogens with one attached hydrogen (secondary N) is 1. The Labute approximate surface area is 164 Å². The lowest BCUT2D eigenvalue weighted by Gasteiger charge is -2.16. The van der Waals surface area contributed by atoms with Gasteiger partial charge in [-0.1, -0.05) is 43.1 Å². The van der Waals surface area contributed by atoms with Crippen molar-refractivity contribution in [1.82, 2.24) is 5.32 Å². The molecule has 26 heavy (non-hydrogen) atoms. The maximum absolute atomic E-state index is 13.2. The third-order valence-corrected chi connectivity index (χ3v) is 4.38. The fourth-order valence-electron chi connectivity index (χ4n) is 2.38. The van der Waals surface area contributed by atoms with E-state index < -0.39 is 0 Å². The van der Waals surface area contributed by atoms with Crippen LogP contribution in [0.1, 0.15) is 31.9 Å². The Kier molecular flexibility index (Phi) is 8.01. The lowest BCUT2D eigenvalue weighted by Crippen LogP contribution is -2.19. The van der Waals surface area contributed by atoms with E-state index in [1.807, 2.05) is 13.0 Å². The third kappa shape index (κ3) is 6.04. The predicted octanol–water partition coefficient (Wildman–Crippen LogP) is 5.86. The number of hydrogen-bond acceptors (Lipinski definition) is 3. The molecule has 3 nitrogen and oxygen atoms in total. The first-order valence-electron chi connectivity index (χ1n) is 8.63. The summed E-state index contributed by atoms with van der Waals surface area (Å²) >= 11 is 12.4. The van der Waals surface area contributed by atoms with E-state index in [1.165, 1.54) is 12.1 Å². The lowest BCUT2D eigenvalue weighted by molar-refractivity contribution is 0.269. The van der Waals surface area contributed by atoms with E-state index in [0.29, 0.717) is 46.2 Å². The predicted molar refractivity (Wildman–Crippen MR) is 105 cm³/mol. The molecule has 2 aromatic rings. The average Bonchev–Trinajstić information content (AvgIpc) is 2.57. The Morgan fingerprint density at radius 2 is 1.69 bits per heavy atom. The molecule has 142 valence electrons. The van der Waals surface area contributed by atoms with Crippen molar-refractivity contribution in [2.45, 2.75) is 33.9 Å². The van der Waals surface area contributed by atoms with Crippen molar-refractivity contribution in [2.75, 3.05) is 13.2 Å². The zero-order chi connectivity index (χ0) is 19.1. The normalized spacial score (nSPS) is 11.0. The van der Waals surface area contributed by atoms with Gasteiger partial charge >= 0.3 is 0 Å². The average molecular weight is 400 g/mol. The standard InChI is InChI=1S/C20H24Cl2FNO2/c1-4-25-19-7-15(11-24-10-13(2)3)18(22)9-20(19)26-12-14-5-6-16(23)8-17(14)21/h5-9,13,24H,4,10-12H2,1-3H3. The van der Waals surface area contributed by atoms with Gasteiger partial charge in [0.05, 0.1) is 11.6 Å². The van der Waals surface area contributed by atoms with Gasteiger partial charge in [-0.2, -0.15) is 0 Å². The van der Waals surface area contributed by atoms with Crippen molar-refractivity contribution in [3.63, 3.8) is 0 Å². The molecule has 0 radical (unpaired) electrons. The van der Waals surface area contributed by atoms with Crippen LogP contribution in [0, 0.1) is 11.7 Å². The number of rotatable bonds is 9. The number of halogens is 3. The van der Waals surface area contributed by atoms with Crippen LogP contribution in [-0.2, 0) is 13.2 Å². The van der Waals surface area contributed by atoms with Crippen LogP contribution >= 0.6 is 23.2 Å². The van der Waals surface area contributed by atoms with Crippen LogP contribution in [0.15, 0.2) is 30.3 Å². The molecule has 6 heteroatoms. The summed E-state index contributed by atoms with van der Waals surface area (Å²) < 4.78 is 24.7. The largest absolute Gasteiger partial charge is 0.490 e. The summed E-state index contributed by atoms with van der Waals surface area (Å²) in [5.41, 5.74) is 1.64. The van der Waals surface area contributed by atoms with E-state index >= 15 is 0 Å². The van der Waals surface area contributed by atoms with Crippen molar-refractivity contribution in [2.24, 2.45) is 5.92 Å². The molecule has 2 rings (SSSR count). The van der Waals surface area contributed by atoms with Crippen molar-refractivity contribution in [1.29, 1.82) is 0 Å². The highest BCUT2D eigenvalue weighted by atomic mass is 35.5. The van der Waals surface area contributed by atoms with Crippen LogP contribution in [-0.4, -0.2) is 13.2 Å². The number of hydrogen-bond donors (Lipinski definition) is 1. The molecule has 0 atom stereocenters. The van der Waals surface area contributed by atoms with E-state index in [1.54, 1.807) is 12.1 Å². The van der Waals surface area contributed by atoms with Gasteiger partial charge in [-0.15, -0.1) is 0 Å². The van der Waals surface area contributed by atoms with Gasteiger partial charge in [0.15, 0.2) is 11.5 Å². The van der Waals surface area contributed by atoms with E-state index in [9.17, 15) is 4.39 Å². The van der Waals surface area contributed by atoms with E-state index in [4.69, 9.17) is 32.7 Å². The first-order valence-corrected chi connectivity index (χ1v) is 9.39. The van der Waals surface area contributed by atoms with Gasteiger partial charge < -0.3 is 14.8 Å². The van der Waals surface area contributed by atoms with Crippen molar-refractivity contribution < 1.29 is 13.9 Å². The SMILES string of the molecule is CCOc1cc(CNCC(C)C)c(Cl)cc1OCc1ccc(F)cc1Cl. The summed E-state index contributed by atoms with van der Waals surface area (Å²) in [5, 5.41) is 4.29. The molecule has 0 saturated heterocycles. The maximum atomic E-state index is 13.2. The van der Waals surface area contributed by atoms with Crippen molar-refractivity contribution >= 4 is 23.2 Å². The van der Waals surface area contributed by atoms with E-state index in [2.05, 4.69) is 19.2 Å². The molecule has 0 aromatic heterocycles. The van der Waals surface area contributed by atoms with Gasteiger partial charge in [-0.25, -0.2) is 4.39 Å². The van der Waals surface area contributed by atoms with Gasteiger partial charge in [-0.3, -0.25) is 0 Å². The third-order valence-electron chi connectivity index (χ3n) is 3.68. The van der Waals surface area contributed by atoms with E-state index in [0.717, 1.165) is 12.1 Å². The Balaban J connectivity index is 2.14. The summed E-state index contributed by atoms with van der Waals surface area (Å²) in [6.07, 6.45) is 0. The highest BCUT2D eigenvalue weighted by Crippen LogP contribution is 2.34. The van der Waals surface area contributed by atoms with Crippen molar-refractivity contribution in [3.05, 3.63) is 57.3 Å². The second-order valence-corrected chi connectivity index (χ2v) is 7.19. The molecule has 0 fully saturated rings. The zero-order valence-electron chi connectivity index (χ0n) is 15.2. The molecule has 0 aliphatic rings. The van der Waals surface area contributed by atoms with Gasteiger partial charge in [0.2, 0.25) is 0 Å². The lowest BCUT2D eigenvalue weighted by atomic mass is 10.1. The minimum Gasteiger partial charge on any atom is -0.490 e. The number of benzene rings is 2. The Morgan fingerprint density at radius 3 is 2.35 bits per heavy atom. The zero-order valence-corrected chi connectivity index (χ0v) is 16.8. The first-order chi connectivity index (χ1) is 12.4. The summed E-state index contributed by atoms with van der Waals surface area (Å²) in [5.74, 6) is 1.33. The van der Waals surface area contributed by atoms with Crippen molar-refractivity contribution in [3.8, 4) is 11.5 Å². The van der Waals surface area contributed by atoms with Gasteiger partial charge in [-0.05, 0) is 43.1 Å². The molecule has 0 spiro atoms. The second kappa shape index (κ2) is 10.0. The highest BCUT2D eigenvalue weighted by Gasteiger charge is 2.12. The molecule has 1 N–H and O–H groups in total.